The number of benzene rings is 1. The van der Waals surface area contributed by atoms with Gasteiger partial charge in [-0.1, -0.05) is 23.2 Å². The first-order valence-corrected chi connectivity index (χ1v) is 9.43. The molecule has 0 aliphatic carbocycles. The van der Waals surface area contributed by atoms with Crippen molar-refractivity contribution < 1.29 is 9.21 Å². The summed E-state index contributed by atoms with van der Waals surface area (Å²) in [5.41, 5.74) is 1.85. The first-order valence-electron chi connectivity index (χ1n) is 8.67. The minimum absolute atomic E-state index is 0.0316. The molecular weight excluding hydrogens is 387 g/mol. The molecule has 3 rings (SSSR count). The molecule has 2 aromatic heterocycles. The normalized spacial score (nSPS) is 10.9. The Morgan fingerprint density at radius 2 is 2.15 bits per heavy atom. The fourth-order valence-electron chi connectivity index (χ4n) is 2.61. The van der Waals surface area contributed by atoms with Gasteiger partial charge in [-0.3, -0.25) is 9.48 Å². The molecule has 0 radical (unpaired) electrons. The molecule has 8 heteroatoms. The standard InChI is InChI=1S/C19H20Cl2N4O2/c1-13-10-24-25(12-13)8-2-7-22-18(26)5-6-19-23-11-17(27-19)15-4-3-14(20)9-16(15)21/h3-4,9-12H,2,5-8H2,1H3,(H,22,26). The van der Waals surface area contributed by atoms with E-state index in [0.717, 1.165) is 24.1 Å². The van der Waals surface area contributed by atoms with E-state index in [1.54, 1.807) is 24.4 Å². The van der Waals surface area contributed by atoms with Crippen molar-refractivity contribution in [2.45, 2.75) is 32.7 Å². The number of aromatic nitrogens is 3. The molecule has 0 aliphatic rings. The molecule has 142 valence electrons. The maximum Gasteiger partial charge on any atom is 0.220 e. The molecule has 0 spiro atoms. The van der Waals surface area contributed by atoms with Crippen molar-refractivity contribution in [3.8, 4) is 11.3 Å². The summed E-state index contributed by atoms with van der Waals surface area (Å²) in [4.78, 5) is 16.2. The molecule has 27 heavy (non-hydrogen) atoms. The van der Waals surface area contributed by atoms with Crippen molar-refractivity contribution in [2.24, 2.45) is 0 Å². The summed E-state index contributed by atoms with van der Waals surface area (Å²) in [6.07, 6.45) is 6.97. The molecule has 0 saturated carbocycles. The predicted molar refractivity (Wildman–Crippen MR) is 105 cm³/mol. The Labute approximate surface area is 167 Å². The molecule has 2 heterocycles. The average Bonchev–Trinajstić information content (AvgIpc) is 3.26. The van der Waals surface area contributed by atoms with Crippen molar-refractivity contribution in [1.29, 1.82) is 0 Å². The van der Waals surface area contributed by atoms with Crippen LogP contribution in [0.5, 0.6) is 0 Å². The number of amides is 1. The van der Waals surface area contributed by atoms with Gasteiger partial charge in [0.1, 0.15) is 0 Å². The van der Waals surface area contributed by atoms with E-state index in [1.165, 1.54) is 0 Å². The van der Waals surface area contributed by atoms with Crippen LogP contribution in [0.1, 0.15) is 24.3 Å². The second kappa shape index (κ2) is 9.06. The summed E-state index contributed by atoms with van der Waals surface area (Å²) in [6, 6.07) is 5.17. The van der Waals surface area contributed by atoms with Crippen LogP contribution >= 0.6 is 23.2 Å². The Balaban J connectivity index is 1.42. The highest BCUT2D eigenvalue weighted by molar-refractivity contribution is 6.36. The second-order valence-electron chi connectivity index (χ2n) is 6.23. The van der Waals surface area contributed by atoms with Gasteiger partial charge >= 0.3 is 0 Å². The second-order valence-corrected chi connectivity index (χ2v) is 7.07. The topological polar surface area (TPSA) is 73.0 Å². The quantitative estimate of drug-likeness (QED) is 0.566. The smallest absolute Gasteiger partial charge is 0.220 e. The van der Waals surface area contributed by atoms with Gasteiger partial charge < -0.3 is 9.73 Å². The monoisotopic (exact) mass is 406 g/mol. The maximum absolute atomic E-state index is 12.0. The number of carbonyl (C=O) groups is 1. The number of nitrogens with one attached hydrogen (secondary N) is 1. The lowest BCUT2D eigenvalue weighted by atomic mass is 10.2. The lowest BCUT2D eigenvalue weighted by molar-refractivity contribution is -0.121. The minimum Gasteiger partial charge on any atom is -0.441 e. The Bertz CT molecular complexity index is 920. The molecule has 0 saturated heterocycles. The highest BCUT2D eigenvalue weighted by Crippen LogP contribution is 2.30. The van der Waals surface area contributed by atoms with Crippen LogP contribution < -0.4 is 5.32 Å². The summed E-state index contributed by atoms with van der Waals surface area (Å²) in [6.45, 7) is 3.38. The Hall–Kier alpha value is -2.31. The van der Waals surface area contributed by atoms with Crippen LogP contribution in [0.15, 0.2) is 41.2 Å². The number of hydrogen-bond donors (Lipinski definition) is 1. The lowest BCUT2D eigenvalue weighted by Gasteiger charge is -2.04. The third-order valence-corrected chi connectivity index (χ3v) is 4.51. The SMILES string of the molecule is Cc1cnn(CCCNC(=O)CCc2ncc(-c3ccc(Cl)cc3Cl)o2)c1. The van der Waals surface area contributed by atoms with E-state index in [9.17, 15) is 4.79 Å². The van der Waals surface area contributed by atoms with Crippen LogP contribution in [0.2, 0.25) is 10.0 Å². The van der Waals surface area contributed by atoms with Crippen molar-refractivity contribution in [3.63, 3.8) is 0 Å². The Morgan fingerprint density at radius 1 is 1.30 bits per heavy atom. The molecule has 0 bridgehead atoms. The molecule has 6 nitrogen and oxygen atoms in total. The van der Waals surface area contributed by atoms with Gasteiger partial charge in [-0.05, 0) is 37.1 Å². The van der Waals surface area contributed by atoms with Crippen molar-refractivity contribution in [3.05, 3.63) is 58.3 Å². The van der Waals surface area contributed by atoms with E-state index in [1.807, 2.05) is 24.0 Å². The third kappa shape index (κ3) is 5.58. The molecule has 0 fully saturated rings. The molecule has 1 amide bonds. The molecule has 0 atom stereocenters. The van der Waals surface area contributed by atoms with Crippen LogP contribution in [0, 0.1) is 6.92 Å². The molecule has 0 unspecified atom stereocenters. The van der Waals surface area contributed by atoms with Gasteiger partial charge in [0.05, 0.1) is 17.4 Å². The van der Waals surface area contributed by atoms with Crippen LogP contribution in [0.4, 0.5) is 0 Å². The van der Waals surface area contributed by atoms with E-state index in [-0.39, 0.29) is 5.91 Å². The van der Waals surface area contributed by atoms with E-state index in [4.69, 9.17) is 27.6 Å². The number of carbonyl (C=O) groups excluding carboxylic acids is 1. The molecule has 0 aliphatic heterocycles. The zero-order chi connectivity index (χ0) is 19.2. The molecule has 1 N–H and O–H groups in total. The molecule has 3 aromatic rings. The van der Waals surface area contributed by atoms with Crippen LogP contribution in [0.25, 0.3) is 11.3 Å². The predicted octanol–water partition coefficient (Wildman–Crippen LogP) is 4.29. The first-order chi connectivity index (χ1) is 13.0. The van der Waals surface area contributed by atoms with Gasteiger partial charge in [0.2, 0.25) is 5.91 Å². The highest BCUT2D eigenvalue weighted by atomic mass is 35.5. The van der Waals surface area contributed by atoms with E-state index >= 15 is 0 Å². The van der Waals surface area contributed by atoms with Crippen molar-refractivity contribution in [2.75, 3.05) is 6.54 Å². The zero-order valence-electron chi connectivity index (χ0n) is 14.9. The number of halogens is 2. The zero-order valence-corrected chi connectivity index (χ0v) is 16.4. The summed E-state index contributed by atoms with van der Waals surface area (Å²) in [5.74, 6) is 1.02. The van der Waals surface area contributed by atoms with Gasteiger partial charge in [-0.15, -0.1) is 0 Å². The summed E-state index contributed by atoms with van der Waals surface area (Å²) in [7, 11) is 0. The number of oxazole rings is 1. The van der Waals surface area contributed by atoms with E-state index < -0.39 is 0 Å². The summed E-state index contributed by atoms with van der Waals surface area (Å²) >= 11 is 12.1. The van der Waals surface area contributed by atoms with Gasteiger partial charge in [0.25, 0.3) is 0 Å². The number of nitrogens with zero attached hydrogens (tertiary/aromatic N) is 3. The molecular formula is C19H20Cl2N4O2. The molecule has 1 aromatic carbocycles. The fourth-order valence-corrected chi connectivity index (χ4v) is 3.11. The fraction of sp³-hybridized carbons (Fsp3) is 0.316. The number of hydrogen-bond acceptors (Lipinski definition) is 4. The third-order valence-electron chi connectivity index (χ3n) is 3.96. The minimum atomic E-state index is -0.0316. The maximum atomic E-state index is 12.0. The number of rotatable bonds is 8. The number of aryl methyl sites for hydroxylation is 3. The van der Waals surface area contributed by atoms with E-state index in [2.05, 4.69) is 15.4 Å². The summed E-state index contributed by atoms with van der Waals surface area (Å²) < 4.78 is 7.57. The van der Waals surface area contributed by atoms with Crippen molar-refractivity contribution in [1.82, 2.24) is 20.1 Å². The summed E-state index contributed by atoms with van der Waals surface area (Å²) in [5, 5.41) is 8.17. The largest absolute Gasteiger partial charge is 0.441 e. The Morgan fingerprint density at radius 3 is 2.89 bits per heavy atom. The first kappa shape index (κ1) is 19.5. The van der Waals surface area contributed by atoms with Gasteiger partial charge in [0.15, 0.2) is 11.7 Å². The van der Waals surface area contributed by atoms with Gasteiger partial charge in [-0.2, -0.15) is 5.10 Å². The van der Waals surface area contributed by atoms with E-state index in [0.29, 0.717) is 41.1 Å². The average molecular weight is 407 g/mol. The Kier molecular flexibility index (Phi) is 6.53. The van der Waals surface area contributed by atoms with Crippen molar-refractivity contribution >= 4 is 29.1 Å². The highest BCUT2D eigenvalue weighted by Gasteiger charge is 2.11. The van der Waals surface area contributed by atoms with Crippen LogP contribution in [0.3, 0.4) is 0 Å². The van der Waals surface area contributed by atoms with Gasteiger partial charge in [-0.25, -0.2) is 4.98 Å². The van der Waals surface area contributed by atoms with Crippen LogP contribution in [-0.2, 0) is 17.8 Å². The van der Waals surface area contributed by atoms with Gasteiger partial charge in [0, 0.05) is 42.7 Å². The van der Waals surface area contributed by atoms with Crippen LogP contribution in [-0.4, -0.2) is 27.2 Å². The lowest BCUT2D eigenvalue weighted by Crippen LogP contribution is -2.25.